The van der Waals surface area contributed by atoms with Gasteiger partial charge in [-0.15, -0.1) is 0 Å². The van der Waals surface area contributed by atoms with Crippen LogP contribution in [0.3, 0.4) is 0 Å². The lowest BCUT2D eigenvalue weighted by Gasteiger charge is -2.18. The summed E-state index contributed by atoms with van der Waals surface area (Å²) in [6, 6.07) is 8.32. The van der Waals surface area contributed by atoms with Gasteiger partial charge in [0, 0.05) is 19.2 Å². The molecule has 1 N–H and O–H groups in total. The second-order valence-corrected chi connectivity index (χ2v) is 6.59. The van der Waals surface area contributed by atoms with E-state index >= 15 is 0 Å². The van der Waals surface area contributed by atoms with E-state index in [1.165, 1.54) is 5.56 Å². The van der Waals surface area contributed by atoms with Gasteiger partial charge in [0.1, 0.15) is 0 Å². The Morgan fingerprint density at radius 3 is 2.62 bits per heavy atom. The van der Waals surface area contributed by atoms with E-state index in [9.17, 15) is 4.79 Å². The van der Waals surface area contributed by atoms with Gasteiger partial charge in [-0.2, -0.15) is 0 Å². The molecule has 0 bridgehead atoms. The monoisotopic (exact) mass is 287 g/mol. The fourth-order valence-electron chi connectivity index (χ4n) is 2.34. The maximum absolute atomic E-state index is 11.7. The molecule has 0 spiro atoms. The van der Waals surface area contributed by atoms with E-state index in [0.29, 0.717) is 6.54 Å². The zero-order valence-electron chi connectivity index (χ0n) is 13.2. The zero-order valence-corrected chi connectivity index (χ0v) is 13.2. The van der Waals surface area contributed by atoms with E-state index in [0.717, 1.165) is 25.0 Å². The third-order valence-corrected chi connectivity index (χ3v) is 3.73. The summed E-state index contributed by atoms with van der Waals surface area (Å²) in [6.45, 7) is 7.99. The minimum absolute atomic E-state index is 0.0644. The summed E-state index contributed by atoms with van der Waals surface area (Å²) in [5, 5.41) is 2.88. The Morgan fingerprint density at radius 1 is 1.33 bits per heavy atom. The highest BCUT2D eigenvalue weighted by Gasteiger charge is 2.15. The van der Waals surface area contributed by atoms with Crippen LogP contribution in [0.25, 0.3) is 6.08 Å². The number of amides is 1. The molecule has 21 heavy (non-hydrogen) atoms. The van der Waals surface area contributed by atoms with Crippen LogP contribution in [0.5, 0.6) is 0 Å². The highest BCUT2D eigenvalue weighted by molar-refractivity contribution is 5.91. The number of carbonyl (C=O) groups excluding carboxylic acids is 1. The molecule has 1 saturated heterocycles. The number of hydrogen-bond acceptors (Lipinski definition) is 2. The molecule has 0 radical (unpaired) electrons. The first-order valence-electron chi connectivity index (χ1n) is 7.63. The second-order valence-electron chi connectivity index (χ2n) is 6.59. The normalized spacial score (nSPS) is 19.1. The lowest BCUT2D eigenvalue weighted by Crippen LogP contribution is -2.30. The number of hydrogen-bond donors (Lipinski definition) is 1. The number of rotatable bonds is 4. The number of carbonyl (C=O) groups is 1. The largest absolute Gasteiger partial charge is 0.376 e. The van der Waals surface area contributed by atoms with Crippen LogP contribution in [-0.2, 0) is 14.9 Å². The molecule has 0 aliphatic carbocycles. The molecule has 1 atom stereocenters. The van der Waals surface area contributed by atoms with Gasteiger partial charge in [-0.3, -0.25) is 4.79 Å². The summed E-state index contributed by atoms with van der Waals surface area (Å²) in [5.74, 6) is -0.0644. The van der Waals surface area contributed by atoms with Crippen LogP contribution in [0, 0.1) is 0 Å². The third-order valence-electron chi connectivity index (χ3n) is 3.73. The summed E-state index contributed by atoms with van der Waals surface area (Å²) in [6.07, 6.45) is 5.75. The maximum Gasteiger partial charge on any atom is 0.244 e. The van der Waals surface area contributed by atoms with Gasteiger partial charge >= 0.3 is 0 Å². The number of nitrogens with one attached hydrogen (secondary N) is 1. The van der Waals surface area contributed by atoms with Gasteiger partial charge in [0.2, 0.25) is 5.91 Å². The van der Waals surface area contributed by atoms with E-state index in [1.807, 2.05) is 18.2 Å². The Bertz CT molecular complexity index is 491. The van der Waals surface area contributed by atoms with Gasteiger partial charge in [-0.25, -0.2) is 0 Å². The smallest absolute Gasteiger partial charge is 0.244 e. The summed E-state index contributed by atoms with van der Waals surface area (Å²) >= 11 is 0. The highest BCUT2D eigenvalue weighted by Crippen LogP contribution is 2.22. The lowest BCUT2D eigenvalue weighted by molar-refractivity contribution is -0.116. The van der Waals surface area contributed by atoms with E-state index in [4.69, 9.17) is 4.74 Å². The zero-order chi connectivity index (χ0) is 15.3. The molecule has 1 heterocycles. The van der Waals surface area contributed by atoms with Gasteiger partial charge in [-0.05, 0) is 35.5 Å². The molecule has 1 aromatic carbocycles. The SMILES string of the molecule is CC(C)(C)c1ccc(C=CC(=O)NCC2CCCO2)cc1. The Balaban J connectivity index is 1.83. The molecule has 2 rings (SSSR count). The molecule has 1 aliphatic rings. The Labute approximate surface area is 127 Å². The van der Waals surface area contributed by atoms with Gasteiger partial charge in [-0.1, -0.05) is 45.0 Å². The van der Waals surface area contributed by atoms with Crippen molar-refractivity contribution in [3.63, 3.8) is 0 Å². The van der Waals surface area contributed by atoms with Crippen molar-refractivity contribution in [2.75, 3.05) is 13.2 Å². The molecule has 1 aromatic rings. The minimum Gasteiger partial charge on any atom is -0.376 e. The molecular formula is C18H25NO2. The lowest BCUT2D eigenvalue weighted by atomic mass is 9.87. The first kappa shape index (κ1) is 15.8. The molecular weight excluding hydrogens is 262 g/mol. The Kier molecular flexibility index (Phi) is 5.18. The molecule has 3 heteroatoms. The molecule has 1 unspecified atom stereocenters. The summed E-state index contributed by atoms with van der Waals surface area (Å²) in [4.78, 5) is 11.7. The van der Waals surface area contributed by atoms with Crippen molar-refractivity contribution in [3.8, 4) is 0 Å². The van der Waals surface area contributed by atoms with Crippen LogP contribution in [0.15, 0.2) is 30.3 Å². The first-order chi connectivity index (χ1) is 9.95. The quantitative estimate of drug-likeness (QED) is 0.863. The van der Waals surface area contributed by atoms with Crippen molar-refractivity contribution in [2.45, 2.75) is 45.1 Å². The standard InChI is InChI=1S/C18H25NO2/c1-18(2,3)15-9-6-14(7-10-15)8-11-17(20)19-13-16-5-4-12-21-16/h6-11,16H,4-5,12-13H2,1-3H3,(H,19,20). The number of ether oxygens (including phenoxy) is 1. The topological polar surface area (TPSA) is 38.3 Å². The average molecular weight is 287 g/mol. The second kappa shape index (κ2) is 6.90. The predicted octanol–water partition coefficient (Wildman–Crippen LogP) is 3.29. The summed E-state index contributed by atoms with van der Waals surface area (Å²) in [5.41, 5.74) is 2.48. The summed E-state index contributed by atoms with van der Waals surface area (Å²) < 4.78 is 5.47. The van der Waals surface area contributed by atoms with Crippen LogP contribution in [-0.4, -0.2) is 25.2 Å². The van der Waals surface area contributed by atoms with E-state index < -0.39 is 0 Å². The van der Waals surface area contributed by atoms with Gasteiger partial charge in [0.25, 0.3) is 0 Å². The molecule has 0 aromatic heterocycles. The van der Waals surface area contributed by atoms with Gasteiger partial charge in [0.05, 0.1) is 6.10 Å². The van der Waals surface area contributed by atoms with Crippen molar-refractivity contribution in [2.24, 2.45) is 0 Å². The molecule has 3 nitrogen and oxygen atoms in total. The van der Waals surface area contributed by atoms with Crippen LogP contribution in [0.2, 0.25) is 0 Å². The maximum atomic E-state index is 11.7. The molecule has 1 aliphatic heterocycles. The van der Waals surface area contributed by atoms with Crippen molar-refractivity contribution in [1.82, 2.24) is 5.32 Å². The van der Waals surface area contributed by atoms with Crippen LogP contribution in [0.4, 0.5) is 0 Å². The highest BCUT2D eigenvalue weighted by atomic mass is 16.5. The van der Waals surface area contributed by atoms with Crippen molar-refractivity contribution in [3.05, 3.63) is 41.5 Å². The number of benzene rings is 1. The minimum atomic E-state index is -0.0644. The van der Waals surface area contributed by atoms with E-state index in [-0.39, 0.29) is 17.4 Å². The molecule has 1 amide bonds. The van der Waals surface area contributed by atoms with Crippen molar-refractivity contribution in [1.29, 1.82) is 0 Å². The Hall–Kier alpha value is -1.61. The predicted molar refractivity (Wildman–Crippen MR) is 86.2 cm³/mol. The fourth-order valence-corrected chi connectivity index (χ4v) is 2.34. The van der Waals surface area contributed by atoms with Crippen LogP contribution in [0.1, 0.15) is 44.7 Å². The fraction of sp³-hybridized carbons (Fsp3) is 0.500. The Morgan fingerprint density at radius 2 is 2.05 bits per heavy atom. The van der Waals surface area contributed by atoms with E-state index in [1.54, 1.807) is 6.08 Å². The molecule has 0 saturated carbocycles. The van der Waals surface area contributed by atoms with Crippen LogP contribution < -0.4 is 5.32 Å². The first-order valence-corrected chi connectivity index (χ1v) is 7.63. The summed E-state index contributed by atoms with van der Waals surface area (Å²) in [7, 11) is 0. The van der Waals surface area contributed by atoms with Crippen LogP contribution >= 0.6 is 0 Å². The van der Waals surface area contributed by atoms with Crippen molar-refractivity contribution >= 4 is 12.0 Å². The average Bonchev–Trinajstić information content (AvgIpc) is 2.95. The third kappa shape index (κ3) is 5.01. The van der Waals surface area contributed by atoms with Gasteiger partial charge < -0.3 is 10.1 Å². The molecule has 114 valence electrons. The van der Waals surface area contributed by atoms with E-state index in [2.05, 4.69) is 38.2 Å². The molecule has 1 fully saturated rings. The van der Waals surface area contributed by atoms with Crippen molar-refractivity contribution < 1.29 is 9.53 Å². The van der Waals surface area contributed by atoms with Gasteiger partial charge in [0.15, 0.2) is 0 Å².